The van der Waals surface area contributed by atoms with E-state index in [1.165, 1.54) is 0 Å². The summed E-state index contributed by atoms with van der Waals surface area (Å²) in [5.41, 5.74) is 1.01. The number of pyridine rings is 1. The Hall–Kier alpha value is -1.26. The molecule has 3 nitrogen and oxygen atoms in total. The molecule has 1 aromatic carbocycles. The molecule has 21 heavy (non-hydrogen) atoms. The highest BCUT2D eigenvalue weighted by atomic mass is 32.2. The van der Waals surface area contributed by atoms with E-state index in [0.29, 0.717) is 12.8 Å². The van der Waals surface area contributed by atoms with Crippen LogP contribution in [0.25, 0.3) is 10.9 Å². The molecule has 2 fully saturated rings. The predicted octanol–water partition coefficient (Wildman–Crippen LogP) is 2.89. The summed E-state index contributed by atoms with van der Waals surface area (Å²) in [7, 11) is -0.759. The average Bonchev–Trinajstić information content (AvgIpc) is 2.49. The highest BCUT2D eigenvalue weighted by Gasteiger charge is 2.46. The van der Waals surface area contributed by atoms with Crippen molar-refractivity contribution in [3.63, 3.8) is 0 Å². The van der Waals surface area contributed by atoms with Crippen LogP contribution in [0.4, 0.5) is 0 Å². The summed E-state index contributed by atoms with van der Waals surface area (Å²) < 4.78 is 12.3. The van der Waals surface area contributed by atoms with Gasteiger partial charge in [-0.1, -0.05) is 24.6 Å². The molecule has 2 unspecified atom stereocenters. The van der Waals surface area contributed by atoms with Crippen molar-refractivity contribution in [3.05, 3.63) is 42.1 Å². The van der Waals surface area contributed by atoms with Crippen LogP contribution in [0, 0.1) is 0 Å². The Morgan fingerprint density at radius 3 is 2.71 bits per heavy atom. The van der Waals surface area contributed by atoms with E-state index in [0.717, 1.165) is 35.7 Å². The molecule has 0 amide bonds. The zero-order valence-corrected chi connectivity index (χ0v) is 12.7. The molecule has 2 aliphatic heterocycles. The molecule has 1 aromatic heterocycles. The van der Waals surface area contributed by atoms with Gasteiger partial charge in [0.15, 0.2) is 0 Å². The van der Waals surface area contributed by atoms with Crippen molar-refractivity contribution in [3.8, 4) is 0 Å². The molecule has 2 aromatic rings. The molecule has 0 aliphatic carbocycles. The van der Waals surface area contributed by atoms with Crippen LogP contribution in [0.15, 0.2) is 36.5 Å². The van der Waals surface area contributed by atoms with E-state index in [2.05, 4.69) is 4.98 Å². The molecule has 2 bridgehead atoms. The lowest BCUT2D eigenvalue weighted by molar-refractivity contribution is 0.00665. The minimum Gasteiger partial charge on any atom is -0.385 e. The predicted molar refractivity (Wildman–Crippen MR) is 84.4 cm³/mol. The highest BCUT2D eigenvalue weighted by molar-refractivity contribution is 7.86. The Morgan fingerprint density at radius 1 is 1.19 bits per heavy atom. The van der Waals surface area contributed by atoms with Gasteiger partial charge in [0.1, 0.15) is 0 Å². The molecule has 110 valence electrons. The number of nitrogens with zero attached hydrogens (tertiary/aromatic N) is 1. The Kier molecular flexibility index (Phi) is 3.12. The first kappa shape index (κ1) is 13.4. The van der Waals surface area contributed by atoms with Gasteiger partial charge < -0.3 is 5.11 Å². The molecular formula is C17H19NO2S. The summed E-state index contributed by atoms with van der Waals surface area (Å²) in [6.45, 7) is 0. The lowest BCUT2D eigenvalue weighted by atomic mass is 9.80. The van der Waals surface area contributed by atoms with E-state index in [4.69, 9.17) is 0 Å². The smallest absolute Gasteiger partial charge is 0.0920 e. The number of aromatic nitrogens is 1. The number of hydrogen-bond donors (Lipinski definition) is 1. The number of aliphatic hydroxyl groups is 1. The Morgan fingerprint density at radius 2 is 1.95 bits per heavy atom. The van der Waals surface area contributed by atoms with E-state index in [-0.39, 0.29) is 10.5 Å². The number of rotatable bonds is 1. The van der Waals surface area contributed by atoms with Gasteiger partial charge in [0.25, 0.3) is 0 Å². The molecule has 2 saturated heterocycles. The van der Waals surface area contributed by atoms with Crippen LogP contribution in [0.2, 0.25) is 0 Å². The second-order valence-corrected chi connectivity index (χ2v) is 8.34. The standard InChI is InChI=1S/C17H19NO2S/c19-17(10-14-4-1-5-15(11-17)21(14)20)13-7-6-12-3-2-8-18-16(12)9-13/h2-3,6-9,14-15,19H,1,4-5,10-11H2. The first-order valence-corrected chi connectivity index (χ1v) is 8.90. The molecule has 0 saturated carbocycles. The zero-order chi connectivity index (χ0) is 14.4. The maximum Gasteiger partial charge on any atom is 0.0920 e. The van der Waals surface area contributed by atoms with Gasteiger partial charge in [0, 0.05) is 32.9 Å². The van der Waals surface area contributed by atoms with E-state index in [9.17, 15) is 9.32 Å². The molecule has 0 spiro atoms. The van der Waals surface area contributed by atoms with E-state index >= 15 is 0 Å². The molecule has 2 atom stereocenters. The van der Waals surface area contributed by atoms with Crippen LogP contribution in [-0.2, 0) is 16.4 Å². The third kappa shape index (κ3) is 2.21. The summed E-state index contributed by atoms with van der Waals surface area (Å²) in [5.74, 6) is 0. The Balaban J connectivity index is 1.75. The van der Waals surface area contributed by atoms with Crippen LogP contribution < -0.4 is 0 Å². The summed E-state index contributed by atoms with van der Waals surface area (Å²) >= 11 is 0. The molecule has 4 heteroatoms. The Bertz CT molecular complexity index is 699. The molecule has 0 radical (unpaired) electrons. The van der Waals surface area contributed by atoms with Crippen LogP contribution in [0.1, 0.15) is 37.7 Å². The topological polar surface area (TPSA) is 50.2 Å². The van der Waals surface area contributed by atoms with Crippen LogP contribution in [0.5, 0.6) is 0 Å². The fourth-order valence-electron chi connectivity index (χ4n) is 3.87. The maximum absolute atomic E-state index is 12.3. The second-order valence-electron chi connectivity index (χ2n) is 6.35. The quantitative estimate of drug-likeness (QED) is 0.881. The number of benzene rings is 1. The van der Waals surface area contributed by atoms with Gasteiger partial charge >= 0.3 is 0 Å². The first-order chi connectivity index (χ1) is 10.2. The largest absolute Gasteiger partial charge is 0.385 e. The van der Waals surface area contributed by atoms with Crippen molar-refractivity contribution >= 4 is 21.7 Å². The molecule has 3 heterocycles. The normalized spacial score (nSPS) is 35.8. The van der Waals surface area contributed by atoms with E-state index < -0.39 is 16.4 Å². The van der Waals surface area contributed by atoms with Gasteiger partial charge in [-0.3, -0.25) is 9.19 Å². The van der Waals surface area contributed by atoms with Crippen LogP contribution >= 0.6 is 0 Å². The van der Waals surface area contributed by atoms with Crippen molar-refractivity contribution in [2.45, 2.75) is 48.2 Å². The minimum absolute atomic E-state index is 0.155. The van der Waals surface area contributed by atoms with E-state index in [1.54, 1.807) is 6.20 Å². The van der Waals surface area contributed by atoms with Gasteiger partial charge in [-0.2, -0.15) is 0 Å². The number of hydrogen-bond acceptors (Lipinski definition) is 3. The van der Waals surface area contributed by atoms with Crippen LogP contribution in [0.3, 0.4) is 0 Å². The van der Waals surface area contributed by atoms with Gasteiger partial charge in [-0.15, -0.1) is 0 Å². The van der Waals surface area contributed by atoms with Gasteiger partial charge in [0.05, 0.1) is 11.1 Å². The molecule has 2 aliphatic rings. The van der Waals surface area contributed by atoms with Crippen molar-refractivity contribution in [1.82, 2.24) is 4.98 Å². The molecule has 4 rings (SSSR count). The van der Waals surface area contributed by atoms with Crippen molar-refractivity contribution in [2.24, 2.45) is 0 Å². The average molecular weight is 301 g/mol. The van der Waals surface area contributed by atoms with Crippen LogP contribution in [-0.4, -0.2) is 24.8 Å². The third-order valence-electron chi connectivity index (χ3n) is 4.98. The number of fused-ring (bicyclic) bond motifs is 3. The van der Waals surface area contributed by atoms with Gasteiger partial charge in [-0.05, 0) is 43.4 Å². The van der Waals surface area contributed by atoms with Gasteiger partial charge in [0.2, 0.25) is 0 Å². The fraction of sp³-hybridized carbons (Fsp3) is 0.471. The van der Waals surface area contributed by atoms with E-state index in [1.807, 2.05) is 30.3 Å². The summed E-state index contributed by atoms with van der Waals surface area (Å²) in [6, 6.07) is 9.98. The lowest BCUT2D eigenvalue weighted by Crippen LogP contribution is -2.47. The zero-order valence-electron chi connectivity index (χ0n) is 11.9. The second kappa shape index (κ2) is 4.89. The van der Waals surface area contributed by atoms with Crippen molar-refractivity contribution < 1.29 is 9.32 Å². The third-order valence-corrected chi connectivity index (χ3v) is 7.10. The van der Waals surface area contributed by atoms with Crippen molar-refractivity contribution in [1.29, 1.82) is 0 Å². The summed E-state index contributed by atoms with van der Waals surface area (Å²) in [6.07, 6.45) is 6.13. The first-order valence-electron chi connectivity index (χ1n) is 7.63. The highest BCUT2D eigenvalue weighted by Crippen LogP contribution is 2.44. The monoisotopic (exact) mass is 301 g/mol. The van der Waals surface area contributed by atoms with Crippen molar-refractivity contribution in [2.75, 3.05) is 0 Å². The lowest BCUT2D eigenvalue weighted by Gasteiger charge is -2.43. The minimum atomic E-state index is -0.838. The molecule has 1 N–H and O–H groups in total. The summed E-state index contributed by atoms with van der Waals surface area (Å²) in [4.78, 5) is 4.38. The summed E-state index contributed by atoms with van der Waals surface area (Å²) in [5, 5.41) is 12.6. The fourth-order valence-corrected chi connectivity index (χ4v) is 6.10. The SMILES string of the molecule is O=S1C2CCCC1CC(O)(c1ccc3cccnc3c1)C2. The maximum atomic E-state index is 12.3. The van der Waals surface area contributed by atoms with Gasteiger partial charge in [-0.25, -0.2) is 0 Å². The molecular weight excluding hydrogens is 282 g/mol. The Labute approximate surface area is 126 Å².